The van der Waals surface area contributed by atoms with Crippen LogP contribution in [0.2, 0.25) is 0 Å². The summed E-state index contributed by atoms with van der Waals surface area (Å²) in [5.41, 5.74) is 5.65. The molecule has 0 radical (unpaired) electrons. The van der Waals surface area contributed by atoms with Crippen molar-refractivity contribution in [3.05, 3.63) is 23.7 Å². The van der Waals surface area contributed by atoms with E-state index in [4.69, 9.17) is 16.1 Å². The Bertz CT molecular complexity index is 1130. The SMILES string of the molecule is N#CC1CCN(C(=O)[C@@H](N)C2(C(F)(F)F)CC2)CC1.O=C(O)c1c[nH]c2ncc(C3CC3)nc12. The lowest BCUT2D eigenvalue weighted by molar-refractivity contribution is -0.197. The van der Waals surface area contributed by atoms with E-state index >= 15 is 0 Å². The van der Waals surface area contributed by atoms with E-state index in [1.807, 2.05) is 0 Å². The Morgan fingerprint density at radius 2 is 1.91 bits per heavy atom. The highest BCUT2D eigenvalue weighted by atomic mass is 19.4. The Morgan fingerprint density at radius 3 is 2.41 bits per heavy atom. The molecule has 9 nitrogen and oxygen atoms in total. The van der Waals surface area contributed by atoms with Crippen LogP contribution in [0.1, 0.15) is 60.5 Å². The van der Waals surface area contributed by atoms with E-state index in [2.05, 4.69) is 21.0 Å². The fourth-order valence-corrected chi connectivity index (χ4v) is 4.21. The molecular formula is C22H25F3N6O3. The van der Waals surface area contributed by atoms with Crippen LogP contribution in [0.25, 0.3) is 11.2 Å². The first-order valence-corrected chi connectivity index (χ1v) is 11.2. The van der Waals surface area contributed by atoms with Crippen molar-refractivity contribution < 1.29 is 27.9 Å². The summed E-state index contributed by atoms with van der Waals surface area (Å²) in [6, 6.07) is 0.602. The van der Waals surface area contributed by atoms with Crippen molar-refractivity contribution in [3.63, 3.8) is 0 Å². The zero-order chi connectivity index (χ0) is 24.7. The molecule has 1 saturated heterocycles. The molecule has 4 N–H and O–H groups in total. The molecule has 3 aliphatic rings. The molecule has 2 aromatic rings. The number of aromatic nitrogens is 3. The smallest absolute Gasteiger partial charge is 0.396 e. The molecule has 1 aliphatic heterocycles. The predicted molar refractivity (Wildman–Crippen MR) is 113 cm³/mol. The third-order valence-electron chi connectivity index (χ3n) is 6.83. The topological polar surface area (TPSA) is 149 Å². The molecule has 34 heavy (non-hydrogen) atoms. The van der Waals surface area contributed by atoms with Gasteiger partial charge in [-0.05, 0) is 38.5 Å². The van der Waals surface area contributed by atoms with E-state index in [1.165, 1.54) is 11.1 Å². The summed E-state index contributed by atoms with van der Waals surface area (Å²) in [5.74, 6) is -1.23. The number of hydrogen-bond acceptors (Lipinski definition) is 6. The summed E-state index contributed by atoms with van der Waals surface area (Å²) in [6.07, 6.45) is 1.87. The van der Waals surface area contributed by atoms with Crippen LogP contribution in [-0.4, -0.2) is 62.1 Å². The van der Waals surface area contributed by atoms with Crippen LogP contribution < -0.4 is 5.73 Å². The van der Waals surface area contributed by atoms with Crippen LogP contribution in [0.5, 0.6) is 0 Å². The van der Waals surface area contributed by atoms with E-state index in [0.717, 1.165) is 18.5 Å². The van der Waals surface area contributed by atoms with Gasteiger partial charge in [0.05, 0.1) is 29.4 Å². The molecule has 2 saturated carbocycles. The van der Waals surface area contributed by atoms with Crippen molar-refractivity contribution in [1.82, 2.24) is 19.9 Å². The molecule has 0 aromatic carbocycles. The van der Waals surface area contributed by atoms with Gasteiger partial charge in [-0.15, -0.1) is 0 Å². The Balaban J connectivity index is 0.000000165. The molecule has 0 bridgehead atoms. The number of fused-ring (bicyclic) bond motifs is 1. The minimum atomic E-state index is -4.42. The van der Waals surface area contributed by atoms with Gasteiger partial charge in [0.25, 0.3) is 0 Å². The number of nitrogens with one attached hydrogen (secondary N) is 1. The van der Waals surface area contributed by atoms with Gasteiger partial charge in [-0.2, -0.15) is 18.4 Å². The number of amides is 1. The number of alkyl halides is 3. The molecular weight excluding hydrogens is 453 g/mol. The molecule has 12 heteroatoms. The fourth-order valence-electron chi connectivity index (χ4n) is 4.21. The summed E-state index contributed by atoms with van der Waals surface area (Å²) in [5, 5.41) is 17.7. The maximum absolute atomic E-state index is 12.9. The van der Waals surface area contributed by atoms with E-state index in [9.17, 15) is 22.8 Å². The number of carboxylic acid groups (broad SMARTS) is 1. The second-order valence-corrected chi connectivity index (χ2v) is 9.13. The number of carboxylic acids is 1. The number of carbonyl (C=O) groups is 2. The van der Waals surface area contributed by atoms with Crippen LogP contribution in [0.4, 0.5) is 13.2 Å². The standard InChI is InChI=1S/C12H16F3N3O.C10H9N3O2/c13-12(14,15)11(3-4-11)9(17)10(19)18-5-1-8(7-16)2-6-18;14-10(15)6-3-11-9-8(6)13-7(4-12-9)5-1-2-5/h8-9H,1-6,17H2;3-5H,1-2H2,(H,11,12)(H,14,15)/t9-;/m1./s1. The van der Waals surface area contributed by atoms with Crippen LogP contribution in [-0.2, 0) is 4.79 Å². The molecule has 3 heterocycles. The number of carbonyl (C=O) groups excluding carboxylic acids is 1. The first-order chi connectivity index (χ1) is 16.1. The Kier molecular flexibility index (Phi) is 6.24. The highest BCUT2D eigenvalue weighted by Crippen LogP contribution is 2.59. The third kappa shape index (κ3) is 4.57. The molecule has 1 atom stereocenters. The second kappa shape index (κ2) is 8.87. The van der Waals surface area contributed by atoms with Crippen molar-refractivity contribution >= 4 is 23.0 Å². The van der Waals surface area contributed by atoms with Crippen molar-refractivity contribution in [2.75, 3.05) is 13.1 Å². The quantitative estimate of drug-likeness (QED) is 0.612. The van der Waals surface area contributed by atoms with Gasteiger partial charge in [-0.1, -0.05) is 0 Å². The van der Waals surface area contributed by atoms with Gasteiger partial charge in [0.2, 0.25) is 5.91 Å². The van der Waals surface area contributed by atoms with Crippen LogP contribution in [0.15, 0.2) is 12.4 Å². The van der Waals surface area contributed by atoms with E-state index in [1.54, 1.807) is 6.20 Å². The molecule has 3 fully saturated rings. The number of rotatable bonds is 4. The molecule has 0 unspecified atom stereocenters. The van der Waals surface area contributed by atoms with Gasteiger partial charge >= 0.3 is 12.1 Å². The minimum absolute atomic E-state index is 0.0714. The number of likely N-dealkylation sites (tertiary alicyclic amines) is 1. The number of aromatic carboxylic acids is 1. The first kappa shape index (κ1) is 23.9. The molecule has 2 aliphatic carbocycles. The molecule has 5 rings (SSSR count). The normalized spacial score (nSPS) is 20.7. The number of halogens is 3. The van der Waals surface area contributed by atoms with E-state index in [0.29, 0.717) is 43.0 Å². The number of H-pyrrole nitrogens is 1. The number of nitrogens with zero attached hydrogens (tertiary/aromatic N) is 4. The van der Waals surface area contributed by atoms with Gasteiger partial charge in [0, 0.05) is 31.1 Å². The molecule has 0 spiro atoms. The lowest BCUT2D eigenvalue weighted by Crippen LogP contribution is -2.54. The largest absolute Gasteiger partial charge is 0.478 e. The van der Waals surface area contributed by atoms with E-state index in [-0.39, 0.29) is 24.3 Å². The Morgan fingerprint density at radius 1 is 1.26 bits per heavy atom. The maximum atomic E-state index is 12.9. The van der Waals surface area contributed by atoms with Crippen LogP contribution in [0, 0.1) is 22.7 Å². The average Bonchev–Trinajstić information content (AvgIpc) is 3.74. The van der Waals surface area contributed by atoms with Crippen molar-refractivity contribution in [2.45, 2.75) is 56.7 Å². The lowest BCUT2D eigenvalue weighted by atomic mass is 9.93. The van der Waals surface area contributed by atoms with E-state index < -0.39 is 29.5 Å². The second-order valence-electron chi connectivity index (χ2n) is 9.13. The summed E-state index contributed by atoms with van der Waals surface area (Å²) in [6.45, 7) is 0.636. The summed E-state index contributed by atoms with van der Waals surface area (Å²) in [7, 11) is 0. The third-order valence-corrected chi connectivity index (χ3v) is 6.83. The number of piperidine rings is 1. The zero-order valence-corrected chi connectivity index (χ0v) is 18.3. The van der Waals surface area contributed by atoms with Crippen LogP contribution in [0.3, 0.4) is 0 Å². The van der Waals surface area contributed by atoms with Gasteiger partial charge < -0.3 is 20.7 Å². The van der Waals surface area contributed by atoms with Gasteiger partial charge in [-0.3, -0.25) is 4.79 Å². The summed E-state index contributed by atoms with van der Waals surface area (Å²) in [4.78, 5) is 35.6. The average molecular weight is 478 g/mol. The predicted octanol–water partition coefficient (Wildman–Crippen LogP) is 2.95. The number of hydrogen-bond donors (Lipinski definition) is 3. The number of nitriles is 1. The van der Waals surface area contributed by atoms with Gasteiger partial charge in [0.1, 0.15) is 11.1 Å². The summed E-state index contributed by atoms with van der Waals surface area (Å²) >= 11 is 0. The van der Waals surface area contributed by atoms with Gasteiger partial charge in [-0.25, -0.2) is 14.8 Å². The zero-order valence-electron chi connectivity index (χ0n) is 18.3. The minimum Gasteiger partial charge on any atom is -0.478 e. The highest BCUT2D eigenvalue weighted by Gasteiger charge is 2.68. The Hall–Kier alpha value is -3.20. The fraction of sp³-hybridized carbons (Fsp3) is 0.591. The monoisotopic (exact) mass is 478 g/mol. The number of nitrogens with two attached hydrogens (primary N) is 1. The van der Waals surface area contributed by atoms with Gasteiger partial charge in [0.15, 0.2) is 5.65 Å². The van der Waals surface area contributed by atoms with Crippen molar-refractivity contribution in [1.29, 1.82) is 5.26 Å². The van der Waals surface area contributed by atoms with Crippen molar-refractivity contribution in [3.8, 4) is 6.07 Å². The molecule has 182 valence electrons. The Labute approximate surface area is 193 Å². The summed E-state index contributed by atoms with van der Waals surface area (Å²) < 4.78 is 38.7. The number of aromatic amines is 1. The highest BCUT2D eigenvalue weighted by molar-refractivity contribution is 6.00. The molecule has 2 aromatic heterocycles. The van der Waals surface area contributed by atoms with Crippen LogP contribution >= 0.6 is 0 Å². The first-order valence-electron chi connectivity index (χ1n) is 11.2. The van der Waals surface area contributed by atoms with Crippen molar-refractivity contribution in [2.24, 2.45) is 17.1 Å². The maximum Gasteiger partial charge on any atom is 0.396 e. The molecule has 1 amide bonds. The lowest BCUT2D eigenvalue weighted by Gasteiger charge is -2.34.